The Kier molecular flexibility index (Phi) is 4.70. The molecule has 1 aliphatic rings. The summed E-state index contributed by atoms with van der Waals surface area (Å²) in [7, 11) is 1.80. The van der Waals surface area contributed by atoms with Crippen LogP contribution in [0.5, 0.6) is 0 Å². The molecule has 4 rings (SSSR count). The number of rotatable bonds is 5. The van der Waals surface area contributed by atoms with Gasteiger partial charge in [-0.2, -0.15) is 5.10 Å². The molecule has 27 heavy (non-hydrogen) atoms. The van der Waals surface area contributed by atoms with Crippen molar-refractivity contribution in [1.29, 1.82) is 0 Å². The van der Waals surface area contributed by atoms with Gasteiger partial charge >= 0.3 is 0 Å². The van der Waals surface area contributed by atoms with Gasteiger partial charge in [0.2, 0.25) is 0 Å². The molecule has 0 unspecified atom stereocenters. The second kappa shape index (κ2) is 7.15. The molecule has 0 spiro atoms. The number of H-pyrrole nitrogens is 1. The summed E-state index contributed by atoms with van der Waals surface area (Å²) < 4.78 is 15.1. The van der Waals surface area contributed by atoms with Gasteiger partial charge in [0.25, 0.3) is 5.91 Å². The van der Waals surface area contributed by atoms with E-state index in [1.54, 1.807) is 23.9 Å². The summed E-state index contributed by atoms with van der Waals surface area (Å²) in [6, 6.07) is 8.83. The molecule has 2 aromatic heterocycles. The third-order valence-electron chi connectivity index (χ3n) is 5.35. The minimum atomic E-state index is -0.273. The molecule has 1 saturated heterocycles. The first-order chi connectivity index (χ1) is 13.0. The number of aromatic nitrogens is 3. The molecule has 1 aromatic carbocycles. The molecule has 2 N–H and O–H groups in total. The van der Waals surface area contributed by atoms with E-state index in [2.05, 4.69) is 27.2 Å². The van der Waals surface area contributed by atoms with Crippen LogP contribution in [0.1, 0.15) is 30.3 Å². The maximum absolute atomic E-state index is 13.4. The summed E-state index contributed by atoms with van der Waals surface area (Å²) in [6.07, 6.45) is 2.46. The first-order valence-electron chi connectivity index (χ1n) is 9.36. The lowest BCUT2D eigenvalue weighted by Crippen LogP contribution is -2.36. The fourth-order valence-corrected chi connectivity index (χ4v) is 3.80. The number of carbonyl (C=O) groups excluding carboxylic acids is 1. The number of hydrogen-bond acceptors (Lipinski definition) is 3. The van der Waals surface area contributed by atoms with E-state index < -0.39 is 0 Å². The number of halogens is 1. The van der Waals surface area contributed by atoms with E-state index in [1.807, 2.05) is 6.07 Å². The summed E-state index contributed by atoms with van der Waals surface area (Å²) in [4.78, 5) is 18.1. The van der Waals surface area contributed by atoms with Gasteiger partial charge in [0.1, 0.15) is 5.82 Å². The molecular weight excluding hydrogens is 345 g/mol. The van der Waals surface area contributed by atoms with Gasteiger partial charge in [-0.25, -0.2) is 4.39 Å². The van der Waals surface area contributed by atoms with Gasteiger partial charge in [-0.1, -0.05) is 0 Å². The maximum atomic E-state index is 13.4. The standard InChI is InChI=1S/C20H24FN5O/c1-13-4-3-8-26(13)9-7-22-20(27)18-12-19(25(2)24-18)17-11-14-10-15(21)5-6-16(14)23-17/h5-6,10-13,23H,3-4,7-9H2,1-2H3,(H,22,27)/t13-/m1/s1. The van der Waals surface area contributed by atoms with Crippen LogP contribution in [0.3, 0.4) is 0 Å². The zero-order valence-electron chi connectivity index (χ0n) is 15.6. The number of likely N-dealkylation sites (tertiary alicyclic amines) is 1. The van der Waals surface area contributed by atoms with Crippen molar-refractivity contribution in [3.05, 3.63) is 41.8 Å². The number of amides is 1. The number of aryl methyl sites for hydroxylation is 1. The Morgan fingerprint density at radius 2 is 2.22 bits per heavy atom. The number of nitrogens with one attached hydrogen (secondary N) is 2. The van der Waals surface area contributed by atoms with Gasteiger partial charge < -0.3 is 10.3 Å². The van der Waals surface area contributed by atoms with Gasteiger partial charge in [0.05, 0.1) is 11.4 Å². The van der Waals surface area contributed by atoms with Crippen LogP contribution < -0.4 is 5.32 Å². The molecule has 0 bridgehead atoms. The zero-order valence-corrected chi connectivity index (χ0v) is 15.6. The summed E-state index contributed by atoms with van der Waals surface area (Å²) in [5, 5.41) is 8.08. The first-order valence-corrected chi connectivity index (χ1v) is 9.36. The van der Waals surface area contributed by atoms with Crippen molar-refractivity contribution in [2.45, 2.75) is 25.8 Å². The number of benzene rings is 1. The number of fused-ring (bicyclic) bond motifs is 1. The number of nitrogens with zero attached hydrogens (tertiary/aromatic N) is 3. The van der Waals surface area contributed by atoms with Crippen LogP contribution in [0.15, 0.2) is 30.3 Å². The molecule has 142 valence electrons. The molecular formula is C20H24FN5O. The highest BCUT2D eigenvalue weighted by Gasteiger charge is 2.20. The van der Waals surface area contributed by atoms with E-state index in [-0.39, 0.29) is 11.7 Å². The second-order valence-electron chi connectivity index (χ2n) is 7.24. The largest absolute Gasteiger partial charge is 0.353 e. The third-order valence-corrected chi connectivity index (χ3v) is 5.35. The van der Waals surface area contributed by atoms with Gasteiger partial charge in [0, 0.05) is 37.1 Å². The quantitative estimate of drug-likeness (QED) is 0.727. The van der Waals surface area contributed by atoms with Crippen molar-refractivity contribution in [3.8, 4) is 11.4 Å². The number of aromatic amines is 1. The molecule has 3 heterocycles. The average molecular weight is 369 g/mol. The van der Waals surface area contributed by atoms with Crippen LogP contribution in [-0.2, 0) is 7.05 Å². The van der Waals surface area contributed by atoms with Crippen molar-refractivity contribution in [2.75, 3.05) is 19.6 Å². The molecule has 1 fully saturated rings. The van der Waals surface area contributed by atoms with Crippen molar-refractivity contribution in [1.82, 2.24) is 25.0 Å². The predicted molar refractivity (Wildman–Crippen MR) is 103 cm³/mol. The van der Waals surface area contributed by atoms with Crippen LogP contribution in [0.2, 0.25) is 0 Å². The van der Waals surface area contributed by atoms with Crippen molar-refractivity contribution in [3.63, 3.8) is 0 Å². The third kappa shape index (κ3) is 3.60. The molecule has 1 amide bonds. The van der Waals surface area contributed by atoms with E-state index >= 15 is 0 Å². The smallest absolute Gasteiger partial charge is 0.271 e. The Labute approximate surface area is 157 Å². The van der Waals surface area contributed by atoms with Crippen LogP contribution in [-0.4, -0.2) is 51.2 Å². The van der Waals surface area contributed by atoms with E-state index in [1.165, 1.54) is 25.0 Å². The fraction of sp³-hybridized carbons (Fsp3) is 0.400. The van der Waals surface area contributed by atoms with Gasteiger partial charge in [-0.3, -0.25) is 14.4 Å². The zero-order chi connectivity index (χ0) is 19.0. The Hall–Kier alpha value is -2.67. The Balaban J connectivity index is 1.46. The fourth-order valence-electron chi connectivity index (χ4n) is 3.80. The van der Waals surface area contributed by atoms with Gasteiger partial charge in [-0.05, 0) is 56.6 Å². The predicted octanol–water partition coefficient (Wildman–Crippen LogP) is 2.92. The molecule has 7 heteroatoms. The SMILES string of the molecule is C[C@@H]1CCCN1CCNC(=O)c1cc(-c2cc3cc(F)ccc3[nH]2)n(C)n1. The Morgan fingerprint density at radius 3 is 3.00 bits per heavy atom. The summed E-state index contributed by atoms with van der Waals surface area (Å²) in [6.45, 7) is 4.80. The van der Waals surface area contributed by atoms with Crippen LogP contribution in [0.25, 0.3) is 22.3 Å². The molecule has 1 aliphatic heterocycles. The maximum Gasteiger partial charge on any atom is 0.271 e. The van der Waals surface area contributed by atoms with E-state index in [0.717, 1.165) is 35.4 Å². The number of hydrogen-bond donors (Lipinski definition) is 2. The molecule has 0 radical (unpaired) electrons. The van der Waals surface area contributed by atoms with E-state index in [0.29, 0.717) is 18.3 Å². The van der Waals surface area contributed by atoms with Gasteiger partial charge in [0.15, 0.2) is 5.69 Å². The monoisotopic (exact) mass is 369 g/mol. The average Bonchev–Trinajstić information content (AvgIpc) is 3.33. The van der Waals surface area contributed by atoms with E-state index in [9.17, 15) is 9.18 Å². The highest BCUT2D eigenvalue weighted by Crippen LogP contribution is 2.25. The minimum absolute atomic E-state index is 0.175. The minimum Gasteiger partial charge on any atom is -0.353 e. The van der Waals surface area contributed by atoms with Crippen LogP contribution >= 0.6 is 0 Å². The van der Waals surface area contributed by atoms with Crippen molar-refractivity contribution < 1.29 is 9.18 Å². The van der Waals surface area contributed by atoms with Crippen LogP contribution in [0.4, 0.5) is 4.39 Å². The normalized spacial score (nSPS) is 17.7. The van der Waals surface area contributed by atoms with Gasteiger partial charge in [-0.15, -0.1) is 0 Å². The topological polar surface area (TPSA) is 66.0 Å². The summed E-state index contributed by atoms with van der Waals surface area (Å²) >= 11 is 0. The Bertz CT molecular complexity index is 976. The highest BCUT2D eigenvalue weighted by molar-refractivity contribution is 5.94. The Morgan fingerprint density at radius 1 is 1.37 bits per heavy atom. The number of carbonyl (C=O) groups is 1. The van der Waals surface area contributed by atoms with E-state index in [4.69, 9.17) is 0 Å². The lowest BCUT2D eigenvalue weighted by atomic mass is 10.2. The lowest BCUT2D eigenvalue weighted by Gasteiger charge is -2.20. The first kappa shape index (κ1) is 17.7. The lowest BCUT2D eigenvalue weighted by molar-refractivity contribution is 0.0942. The molecule has 3 aromatic rings. The molecule has 0 aliphatic carbocycles. The molecule has 6 nitrogen and oxygen atoms in total. The molecule has 0 saturated carbocycles. The van der Waals surface area contributed by atoms with Crippen molar-refractivity contribution >= 4 is 16.8 Å². The van der Waals surface area contributed by atoms with Crippen molar-refractivity contribution in [2.24, 2.45) is 7.05 Å². The molecule has 1 atom stereocenters. The highest BCUT2D eigenvalue weighted by atomic mass is 19.1. The summed E-state index contributed by atoms with van der Waals surface area (Å²) in [5.74, 6) is -0.448. The summed E-state index contributed by atoms with van der Waals surface area (Å²) in [5.41, 5.74) is 2.81. The second-order valence-corrected chi connectivity index (χ2v) is 7.24. The van der Waals surface area contributed by atoms with Crippen LogP contribution in [0, 0.1) is 5.82 Å².